The first-order valence-electron chi connectivity index (χ1n) is 6.70. The number of ether oxygens (including phenoxy) is 1. The van der Waals surface area contributed by atoms with Crippen molar-refractivity contribution in [2.75, 3.05) is 39.4 Å². The molecule has 1 aliphatic heterocycles. The van der Waals surface area contributed by atoms with Gasteiger partial charge in [-0.15, -0.1) is 0 Å². The minimum absolute atomic E-state index is 0.238. The van der Waals surface area contributed by atoms with Gasteiger partial charge in [-0.3, -0.25) is 9.69 Å². The number of amides is 1. The van der Waals surface area contributed by atoms with Crippen LogP contribution in [0.3, 0.4) is 0 Å². The highest BCUT2D eigenvalue weighted by Gasteiger charge is 2.11. The van der Waals surface area contributed by atoms with Crippen molar-refractivity contribution in [2.24, 2.45) is 0 Å². The minimum Gasteiger partial charge on any atom is -0.379 e. The van der Waals surface area contributed by atoms with Crippen molar-refractivity contribution < 1.29 is 13.9 Å². The van der Waals surface area contributed by atoms with Crippen LogP contribution in [0.5, 0.6) is 0 Å². The molecule has 1 aliphatic rings. The molecule has 6 heteroatoms. The van der Waals surface area contributed by atoms with Gasteiger partial charge in [0.05, 0.1) is 17.7 Å². The Morgan fingerprint density at radius 1 is 1.40 bits per heavy atom. The van der Waals surface area contributed by atoms with Crippen LogP contribution in [-0.4, -0.2) is 50.2 Å². The summed E-state index contributed by atoms with van der Waals surface area (Å²) < 4.78 is 19.0. The Bertz CT molecular complexity index is 464. The number of halogens is 2. The molecular weight excluding hydrogens is 327 g/mol. The molecule has 0 spiro atoms. The molecule has 0 aliphatic carbocycles. The summed E-state index contributed by atoms with van der Waals surface area (Å²) in [5.74, 6) is -0.663. The van der Waals surface area contributed by atoms with Gasteiger partial charge in [-0.2, -0.15) is 0 Å². The summed E-state index contributed by atoms with van der Waals surface area (Å²) in [4.78, 5) is 14.1. The van der Waals surface area contributed by atoms with Gasteiger partial charge in [0, 0.05) is 25.2 Å². The fourth-order valence-corrected chi connectivity index (χ4v) is 2.32. The van der Waals surface area contributed by atoms with Crippen molar-refractivity contribution in [3.63, 3.8) is 0 Å². The Labute approximate surface area is 126 Å². The Morgan fingerprint density at radius 2 is 2.15 bits per heavy atom. The monoisotopic (exact) mass is 344 g/mol. The van der Waals surface area contributed by atoms with Crippen molar-refractivity contribution in [2.45, 2.75) is 6.42 Å². The molecule has 0 unspecified atom stereocenters. The van der Waals surface area contributed by atoms with E-state index in [0.717, 1.165) is 39.3 Å². The van der Waals surface area contributed by atoms with E-state index >= 15 is 0 Å². The first kappa shape index (κ1) is 15.4. The highest BCUT2D eigenvalue weighted by molar-refractivity contribution is 9.10. The van der Waals surface area contributed by atoms with Gasteiger partial charge in [-0.05, 0) is 47.1 Å². The second-order valence-corrected chi connectivity index (χ2v) is 5.55. The van der Waals surface area contributed by atoms with Crippen LogP contribution in [0.2, 0.25) is 0 Å². The van der Waals surface area contributed by atoms with Crippen molar-refractivity contribution in [3.05, 3.63) is 34.1 Å². The van der Waals surface area contributed by atoms with E-state index in [4.69, 9.17) is 4.74 Å². The molecule has 0 radical (unpaired) electrons. The molecule has 1 N–H and O–H groups in total. The van der Waals surface area contributed by atoms with Crippen molar-refractivity contribution in [1.82, 2.24) is 10.2 Å². The summed E-state index contributed by atoms with van der Waals surface area (Å²) in [5.41, 5.74) is 0.345. The number of nitrogens with zero attached hydrogens (tertiary/aromatic N) is 1. The maximum atomic E-state index is 13.3. The highest BCUT2D eigenvalue weighted by atomic mass is 79.9. The lowest BCUT2D eigenvalue weighted by Crippen LogP contribution is -2.38. The number of hydrogen-bond donors (Lipinski definition) is 1. The number of carbonyl (C=O) groups excluding carboxylic acids is 1. The molecule has 1 heterocycles. The van der Waals surface area contributed by atoms with E-state index in [-0.39, 0.29) is 5.91 Å². The quantitative estimate of drug-likeness (QED) is 0.831. The zero-order chi connectivity index (χ0) is 14.4. The molecule has 4 nitrogen and oxygen atoms in total. The van der Waals surface area contributed by atoms with E-state index in [1.165, 1.54) is 12.1 Å². The molecule has 1 aromatic rings. The molecule has 110 valence electrons. The summed E-state index contributed by atoms with van der Waals surface area (Å²) in [6, 6.07) is 4.38. The van der Waals surface area contributed by atoms with Crippen molar-refractivity contribution in [3.8, 4) is 0 Å². The third-order valence-electron chi connectivity index (χ3n) is 3.22. The zero-order valence-electron chi connectivity index (χ0n) is 11.2. The maximum Gasteiger partial charge on any atom is 0.251 e. The fourth-order valence-electron chi connectivity index (χ4n) is 2.07. The van der Waals surface area contributed by atoms with E-state index in [1.54, 1.807) is 6.07 Å². The molecule has 0 aromatic heterocycles. The lowest BCUT2D eigenvalue weighted by Gasteiger charge is -2.26. The summed E-state index contributed by atoms with van der Waals surface area (Å²) in [6.07, 6.45) is 0.880. The van der Waals surface area contributed by atoms with E-state index in [1.807, 2.05) is 0 Å². The molecule has 0 atom stereocenters. The third-order valence-corrected chi connectivity index (χ3v) is 3.87. The number of hydrogen-bond acceptors (Lipinski definition) is 3. The maximum absolute atomic E-state index is 13.3. The largest absolute Gasteiger partial charge is 0.379 e. The normalized spacial score (nSPS) is 16.1. The second kappa shape index (κ2) is 7.71. The predicted molar refractivity (Wildman–Crippen MR) is 78.3 cm³/mol. The van der Waals surface area contributed by atoms with E-state index in [2.05, 4.69) is 26.1 Å². The van der Waals surface area contributed by atoms with Crippen LogP contribution in [0.1, 0.15) is 16.8 Å². The molecule has 0 saturated carbocycles. The first-order chi connectivity index (χ1) is 9.66. The number of morpholine rings is 1. The van der Waals surface area contributed by atoms with Crippen LogP contribution >= 0.6 is 15.9 Å². The lowest BCUT2D eigenvalue weighted by atomic mass is 10.2. The Hall–Kier alpha value is -0.980. The van der Waals surface area contributed by atoms with Crippen molar-refractivity contribution >= 4 is 21.8 Å². The van der Waals surface area contributed by atoms with Crippen LogP contribution in [0, 0.1) is 5.82 Å². The first-order valence-corrected chi connectivity index (χ1v) is 7.49. The standard InChI is InChI=1S/C14H18BrFN2O2/c15-12-3-2-11(10-13(12)16)14(19)17-4-1-5-18-6-8-20-9-7-18/h2-3,10H,1,4-9H2,(H,17,19). The topological polar surface area (TPSA) is 41.6 Å². The van der Waals surface area contributed by atoms with Gasteiger partial charge in [-0.25, -0.2) is 4.39 Å². The predicted octanol–water partition coefficient (Wildman–Crippen LogP) is 2.04. The van der Waals surface area contributed by atoms with Crippen LogP contribution in [0.25, 0.3) is 0 Å². The summed E-state index contributed by atoms with van der Waals surface area (Å²) in [5, 5.41) is 2.81. The SMILES string of the molecule is O=C(NCCCN1CCOCC1)c1ccc(Br)c(F)c1. The van der Waals surface area contributed by atoms with E-state index in [0.29, 0.717) is 16.6 Å². The summed E-state index contributed by atoms with van der Waals surface area (Å²) in [7, 11) is 0. The fraction of sp³-hybridized carbons (Fsp3) is 0.500. The highest BCUT2D eigenvalue weighted by Crippen LogP contribution is 2.16. The van der Waals surface area contributed by atoms with Crippen LogP contribution < -0.4 is 5.32 Å². The van der Waals surface area contributed by atoms with Crippen molar-refractivity contribution in [1.29, 1.82) is 0 Å². The zero-order valence-corrected chi connectivity index (χ0v) is 12.8. The molecule has 20 heavy (non-hydrogen) atoms. The second-order valence-electron chi connectivity index (χ2n) is 4.69. The number of carbonyl (C=O) groups is 1. The van der Waals surface area contributed by atoms with E-state index in [9.17, 15) is 9.18 Å². The molecule has 1 aromatic carbocycles. The van der Waals surface area contributed by atoms with Crippen LogP contribution in [-0.2, 0) is 4.74 Å². The molecule has 2 rings (SSSR count). The molecule has 1 saturated heterocycles. The van der Waals surface area contributed by atoms with E-state index < -0.39 is 5.82 Å². The lowest BCUT2D eigenvalue weighted by molar-refractivity contribution is 0.0374. The molecule has 1 amide bonds. The van der Waals surface area contributed by atoms with Gasteiger partial charge in [0.2, 0.25) is 0 Å². The van der Waals surface area contributed by atoms with Crippen LogP contribution in [0.4, 0.5) is 4.39 Å². The number of nitrogens with one attached hydrogen (secondary N) is 1. The molecule has 1 fully saturated rings. The minimum atomic E-state index is -0.425. The van der Waals surface area contributed by atoms with Gasteiger partial charge in [0.25, 0.3) is 5.91 Å². The third kappa shape index (κ3) is 4.54. The van der Waals surface area contributed by atoms with Gasteiger partial charge in [0.15, 0.2) is 0 Å². The van der Waals surface area contributed by atoms with Gasteiger partial charge >= 0.3 is 0 Å². The summed E-state index contributed by atoms with van der Waals surface area (Å²) >= 11 is 3.06. The average molecular weight is 345 g/mol. The van der Waals surface area contributed by atoms with Crippen LogP contribution in [0.15, 0.2) is 22.7 Å². The Kier molecular flexibility index (Phi) is 5.94. The average Bonchev–Trinajstić information content (AvgIpc) is 2.47. The number of benzene rings is 1. The molecule has 0 bridgehead atoms. The Morgan fingerprint density at radius 3 is 2.85 bits per heavy atom. The molecular formula is C14H18BrFN2O2. The van der Waals surface area contributed by atoms with Gasteiger partial charge in [-0.1, -0.05) is 0 Å². The van der Waals surface area contributed by atoms with Gasteiger partial charge in [0.1, 0.15) is 5.82 Å². The van der Waals surface area contributed by atoms with Gasteiger partial charge < -0.3 is 10.1 Å². The number of rotatable bonds is 5. The Balaban J connectivity index is 1.70. The summed E-state index contributed by atoms with van der Waals surface area (Å²) in [6.45, 7) is 5.00. The smallest absolute Gasteiger partial charge is 0.251 e.